The van der Waals surface area contributed by atoms with E-state index >= 15 is 0 Å². The van der Waals surface area contributed by atoms with Crippen LogP contribution < -0.4 is 5.73 Å². The highest BCUT2D eigenvalue weighted by molar-refractivity contribution is 5.81. The van der Waals surface area contributed by atoms with Crippen molar-refractivity contribution < 1.29 is 4.79 Å². The van der Waals surface area contributed by atoms with Gasteiger partial charge in [-0.15, -0.1) is 0 Å². The zero-order valence-corrected chi connectivity index (χ0v) is 11.5. The number of nitrogens with zero attached hydrogens (tertiary/aromatic N) is 1. The third kappa shape index (κ3) is 6.83. The van der Waals surface area contributed by atoms with E-state index in [-0.39, 0.29) is 11.9 Å². The van der Waals surface area contributed by atoms with Crippen LogP contribution in [-0.4, -0.2) is 29.9 Å². The van der Waals surface area contributed by atoms with Gasteiger partial charge in [-0.05, 0) is 31.6 Å². The van der Waals surface area contributed by atoms with Crippen molar-refractivity contribution in [2.75, 3.05) is 13.1 Å². The zero-order valence-electron chi connectivity index (χ0n) is 11.5. The highest BCUT2D eigenvalue weighted by Crippen LogP contribution is 2.07. The molecule has 0 aliphatic carbocycles. The maximum Gasteiger partial charge on any atom is 0.239 e. The van der Waals surface area contributed by atoms with E-state index in [9.17, 15) is 4.79 Å². The second-order valence-electron chi connectivity index (χ2n) is 5.48. The molecular formula is C13H28N2O. The highest BCUT2D eigenvalue weighted by atomic mass is 16.2. The topological polar surface area (TPSA) is 46.3 Å². The molecule has 0 bridgehead atoms. The first-order chi connectivity index (χ1) is 7.34. The molecule has 96 valence electrons. The fraction of sp³-hybridized carbons (Fsp3) is 0.923. The Labute approximate surface area is 100 Å². The Balaban J connectivity index is 4.21. The Morgan fingerprint density at radius 3 is 1.62 bits per heavy atom. The van der Waals surface area contributed by atoms with Gasteiger partial charge >= 0.3 is 0 Å². The van der Waals surface area contributed by atoms with Gasteiger partial charge in [0.25, 0.3) is 0 Å². The molecule has 2 N–H and O–H groups in total. The van der Waals surface area contributed by atoms with Crippen molar-refractivity contribution in [2.45, 2.75) is 53.5 Å². The average Bonchev–Trinajstić information content (AvgIpc) is 2.16. The molecule has 3 heteroatoms. The predicted octanol–water partition coefficient (Wildman–Crippen LogP) is 2.25. The van der Waals surface area contributed by atoms with Gasteiger partial charge in [0.1, 0.15) is 0 Å². The molecule has 0 saturated heterocycles. The SMILES string of the molecule is CC(C)CCN(CCC(C)C)C(=O)C(C)N. The molecule has 1 amide bonds. The van der Waals surface area contributed by atoms with E-state index in [2.05, 4.69) is 27.7 Å². The lowest BCUT2D eigenvalue weighted by Crippen LogP contribution is -2.43. The molecule has 0 saturated carbocycles. The number of carbonyl (C=O) groups excluding carboxylic acids is 1. The molecule has 0 heterocycles. The van der Waals surface area contributed by atoms with E-state index in [0.29, 0.717) is 11.8 Å². The quantitative estimate of drug-likeness (QED) is 0.726. The van der Waals surface area contributed by atoms with Gasteiger partial charge < -0.3 is 10.6 Å². The first-order valence-electron chi connectivity index (χ1n) is 6.39. The number of hydrogen-bond acceptors (Lipinski definition) is 2. The fourth-order valence-corrected chi connectivity index (χ4v) is 1.45. The third-order valence-corrected chi connectivity index (χ3v) is 2.65. The lowest BCUT2D eigenvalue weighted by Gasteiger charge is -2.26. The van der Waals surface area contributed by atoms with Crippen LogP contribution in [0.4, 0.5) is 0 Å². The molecule has 16 heavy (non-hydrogen) atoms. The van der Waals surface area contributed by atoms with E-state index < -0.39 is 0 Å². The van der Waals surface area contributed by atoms with Crippen LogP contribution in [0.1, 0.15) is 47.5 Å². The lowest BCUT2D eigenvalue weighted by molar-refractivity contribution is -0.132. The Hall–Kier alpha value is -0.570. The van der Waals surface area contributed by atoms with Crippen molar-refractivity contribution in [3.05, 3.63) is 0 Å². The summed E-state index contributed by atoms with van der Waals surface area (Å²) in [5.41, 5.74) is 5.66. The molecular weight excluding hydrogens is 200 g/mol. The summed E-state index contributed by atoms with van der Waals surface area (Å²) in [7, 11) is 0. The minimum Gasteiger partial charge on any atom is -0.341 e. The first-order valence-corrected chi connectivity index (χ1v) is 6.39. The molecule has 0 aromatic heterocycles. The minimum atomic E-state index is -0.376. The molecule has 0 rings (SSSR count). The fourth-order valence-electron chi connectivity index (χ4n) is 1.45. The van der Waals surface area contributed by atoms with E-state index in [1.54, 1.807) is 6.92 Å². The lowest BCUT2D eigenvalue weighted by atomic mass is 10.1. The van der Waals surface area contributed by atoms with Crippen molar-refractivity contribution >= 4 is 5.91 Å². The van der Waals surface area contributed by atoms with Gasteiger partial charge in [-0.3, -0.25) is 4.79 Å². The molecule has 1 unspecified atom stereocenters. The average molecular weight is 228 g/mol. The standard InChI is InChI=1S/C13H28N2O/c1-10(2)6-8-15(9-7-11(3)4)13(16)12(5)14/h10-12H,6-9,14H2,1-5H3. The molecule has 0 spiro atoms. The maximum absolute atomic E-state index is 11.9. The van der Waals surface area contributed by atoms with Crippen molar-refractivity contribution in [1.82, 2.24) is 4.90 Å². The van der Waals surface area contributed by atoms with Crippen molar-refractivity contribution in [1.29, 1.82) is 0 Å². The van der Waals surface area contributed by atoms with Gasteiger partial charge in [0.05, 0.1) is 6.04 Å². The Morgan fingerprint density at radius 2 is 1.38 bits per heavy atom. The van der Waals surface area contributed by atoms with Crippen LogP contribution in [-0.2, 0) is 4.79 Å². The van der Waals surface area contributed by atoms with E-state index in [4.69, 9.17) is 5.73 Å². The molecule has 0 aromatic carbocycles. The normalized spacial score (nSPS) is 13.2. The largest absolute Gasteiger partial charge is 0.341 e. The van der Waals surface area contributed by atoms with E-state index in [1.165, 1.54) is 0 Å². The maximum atomic E-state index is 11.9. The van der Waals surface area contributed by atoms with Crippen LogP contribution in [0.15, 0.2) is 0 Å². The highest BCUT2D eigenvalue weighted by Gasteiger charge is 2.17. The van der Waals surface area contributed by atoms with Crippen LogP contribution >= 0.6 is 0 Å². The summed E-state index contributed by atoms with van der Waals surface area (Å²) < 4.78 is 0. The smallest absolute Gasteiger partial charge is 0.239 e. The van der Waals surface area contributed by atoms with Crippen LogP contribution in [0, 0.1) is 11.8 Å². The van der Waals surface area contributed by atoms with Crippen LogP contribution in [0.5, 0.6) is 0 Å². The summed E-state index contributed by atoms with van der Waals surface area (Å²) in [6.07, 6.45) is 2.10. The number of amides is 1. The summed E-state index contributed by atoms with van der Waals surface area (Å²) in [6, 6.07) is -0.376. The summed E-state index contributed by atoms with van der Waals surface area (Å²) in [5, 5.41) is 0. The third-order valence-electron chi connectivity index (χ3n) is 2.65. The molecule has 0 aliphatic rings. The number of hydrogen-bond donors (Lipinski definition) is 1. The van der Waals surface area contributed by atoms with Crippen LogP contribution in [0.25, 0.3) is 0 Å². The van der Waals surface area contributed by atoms with E-state index in [0.717, 1.165) is 25.9 Å². The van der Waals surface area contributed by atoms with Crippen LogP contribution in [0.2, 0.25) is 0 Å². The summed E-state index contributed by atoms with van der Waals surface area (Å²) in [6.45, 7) is 12.2. The Morgan fingerprint density at radius 1 is 1.00 bits per heavy atom. The molecule has 3 nitrogen and oxygen atoms in total. The van der Waals surface area contributed by atoms with Crippen molar-refractivity contribution in [3.8, 4) is 0 Å². The number of nitrogens with two attached hydrogens (primary N) is 1. The molecule has 0 aliphatic heterocycles. The molecule has 1 atom stereocenters. The minimum absolute atomic E-state index is 0.0845. The second-order valence-corrected chi connectivity index (χ2v) is 5.48. The first kappa shape index (κ1) is 15.4. The second kappa shape index (κ2) is 7.66. The van der Waals surface area contributed by atoms with Gasteiger partial charge in [-0.25, -0.2) is 0 Å². The number of rotatable bonds is 7. The van der Waals surface area contributed by atoms with Crippen molar-refractivity contribution in [3.63, 3.8) is 0 Å². The Kier molecular flexibility index (Phi) is 7.39. The van der Waals surface area contributed by atoms with Crippen molar-refractivity contribution in [2.24, 2.45) is 17.6 Å². The zero-order chi connectivity index (χ0) is 12.7. The van der Waals surface area contributed by atoms with Gasteiger partial charge in [0.15, 0.2) is 0 Å². The molecule has 0 aromatic rings. The van der Waals surface area contributed by atoms with Crippen LogP contribution in [0.3, 0.4) is 0 Å². The molecule has 0 radical (unpaired) electrons. The van der Waals surface area contributed by atoms with Gasteiger partial charge in [-0.1, -0.05) is 27.7 Å². The van der Waals surface area contributed by atoms with Gasteiger partial charge in [-0.2, -0.15) is 0 Å². The van der Waals surface area contributed by atoms with E-state index in [1.807, 2.05) is 4.90 Å². The number of carbonyl (C=O) groups is 1. The van der Waals surface area contributed by atoms with Gasteiger partial charge in [0.2, 0.25) is 5.91 Å². The summed E-state index contributed by atoms with van der Waals surface area (Å²) in [4.78, 5) is 13.8. The Bertz CT molecular complexity index is 188. The van der Waals surface area contributed by atoms with Gasteiger partial charge in [0, 0.05) is 13.1 Å². The predicted molar refractivity (Wildman–Crippen MR) is 69.1 cm³/mol. The summed E-state index contributed by atoms with van der Waals surface area (Å²) in [5.74, 6) is 1.34. The summed E-state index contributed by atoms with van der Waals surface area (Å²) >= 11 is 0. The molecule has 0 fully saturated rings. The monoisotopic (exact) mass is 228 g/mol.